The molecule has 2 aliphatic rings. The van der Waals surface area contributed by atoms with Crippen LogP contribution in [0.25, 0.3) is 0 Å². The lowest BCUT2D eigenvalue weighted by Crippen LogP contribution is -2.43. The lowest BCUT2D eigenvalue weighted by Gasteiger charge is -2.39. The van der Waals surface area contributed by atoms with Gasteiger partial charge in [0.2, 0.25) is 5.91 Å². The van der Waals surface area contributed by atoms with Crippen molar-refractivity contribution in [2.75, 3.05) is 13.2 Å². The van der Waals surface area contributed by atoms with Crippen LogP contribution in [0.2, 0.25) is 0 Å². The van der Waals surface area contributed by atoms with Crippen LogP contribution in [0.5, 0.6) is 5.75 Å². The number of hydrogen-bond donors (Lipinski definition) is 1. The van der Waals surface area contributed by atoms with Crippen LogP contribution in [0.4, 0.5) is 13.2 Å². The molecular weight excluding hydrogens is 403 g/mol. The fourth-order valence-electron chi connectivity index (χ4n) is 3.21. The third kappa shape index (κ3) is 4.11. The smallest absolute Gasteiger partial charge is 0.241 e. The summed E-state index contributed by atoms with van der Waals surface area (Å²) in [7, 11) is 0. The van der Waals surface area contributed by atoms with Gasteiger partial charge in [0.05, 0.1) is 6.61 Å². The van der Waals surface area contributed by atoms with Gasteiger partial charge in [-0.15, -0.1) is 0 Å². The highest BCUT2D eigenvalue weighted by Crippen LogP contribution is 2.54. The second-order valence-electron chi connectivity index (χ2n) is 6.43. The van der Waals surface area contributed by atoms with E-state index in [2.05, 4.69) is 5.10 Å². The van der Waals surface area contributed by atoms with Gasteiger partial charge in [-0.3, -0.25) is 4.79 Å². The lowest BCUT2D eigenvalue weighted by atomic mass is 9.98. The summed E-state index contributed by atoms with van der Waals surface area (Å²) in [5, 5.41) is 5.83. The number of ether oxygens (including phenoxy) is 1. The maximum Gasteiger partial charge on any atom is 0.241 e. The summed E-state index contributed by atoms with van der Waals surface area (Å²) >= 11 is 1.17. The molecule has 2 aliphatic heterocycles. The number of hydrogen-bond acceptors (Lipinski definition) is 5. The predicted molar refractivity (Wildman–Crippen MR) is 106 cm³/mol. The van der Waals surface area contributed by atoms with Crippen LogP contribution >= 0.6 is 11.8 Å². The molecule has 154 valence electrons. The van der Waals surface area contributed by atoms with Crippen LogP contribution < -0.4 is 10.5 Å². The Morgan fingerprint density at radius 3 is 2.48 bits per heavy atom. The molecule has 1 atom stereocenters. The highest BCUT2D eigenvalue weighted by Gasteiger charge is 2.51. The molecule has 0 aliphatic carbocycles. The van der Waals surface area contributed by atoms with Crippen LogP contribution in [0, 0.1) is 17.5 Å². The van der Waals surface area contributed by atoms with Gasteiger partial charge in [-0.2, -0.15) is 5.10 Å². The molecule has 2 N–H and O–H groups in total. The average Bonchev–Trinajstić information content (AvgIpc) is 3.03. The van der Waals surface area contributed by atoms with E-state index in [9.17, 15) is 18.0 Å². The van der Waals surface area contributed by atoms with Crippen molar-refractivity contribution >= 4 is 22.7 Å². The summed E-state index contributed by atoms with van der Waals surface area (Å²) in [5.74, 6) is -1.85. The average molecular weight is 423 g/mol. The maximum absolute atomic E-state index is 13.9. The van der Waals surface area contributed by atoms with Gasteiger partial charge in [-0.05, 0) is 36.9 Å². The number of benzene rings is 2. The Morgan fingerprint density at radius 2 is 1.86 bits per heavy atom. The van der Waals surface area contributed by atoms with Crippen LogP contribution in [0.15, 0.2) is 41.5 Å². The maximum atomic E-state index is 13.9. The minimum Gasteiger partial charge on any atom is -0.493 e. The summed E-state index contributed by atoms with van der Waals surface area (Å²) in [6.45, 7) is 4.30. The SMILES string of the molecule is CC(=O)N1N=C(c2cc(F)cc(F)c2)SC12CCOc1ccc(F)cc12.CCN. The summed E-state index contributed by atoms with van der Waals surface area (Å²) in [4.78, 5) is 11.2. The first-order valence-electron chi connectivity index (χ1n) is 8.98. The molecule has 0 fully saturated rings. The number of nitrogens with zero attached hydrogens (tertiary/aromatic N) is 2. The van der Waals surface area contributed by atoms with Crippen molar-refractivity contribution in [3.05, 3.63) is 65.0 Å². The Balaban J connectivity index is 0.000000755. The number of fused-ring (bicyclic) bond motifs is 2. The number of halogens is 3. The van der Waals surface area contributed by atoms with Crippen LogP contribution in [-0.2, 0) is 9.67 Å². The van der Waals surface area contributed by atoms with Gasteiger partial charge >= 0.3 is 0 Å². The number of thioether (sulfide) groups is 1. The van der Waals surface area contributed by atoms with E-state index in [1.165, 1.54) is 41.9 Å². The third-order valence-electron chi connectivity index (χ3n) is 4.27. The van der Waals surface area contributed by atoms with Gasteiger partial charge < -0.3 is 10.5 Å². The fourth-order valence-corrected chi connectivity index (χ4v) is 4.60. The van der Waals surface area contributed by atoms with E-state index in [0.717, 1.165) is 24.7 Å². The molecule has 4 rings (SSSR count). The Hall–Kier alpha value is -2.52. The molecule has 5 nitrogen and oxygen atoms in total. The number of carbonyl (C=O) groups is 1. The Morgan fingerprint density at radius 1 is 1.21 bits per heavy atom. The van der Waals surface area contributed by atoms with E-state index < -0.39 is 22.3 Å². The predicted octanol–water partition coefficient (Wildman–Crippen LogP) is 3.96. The highest BCUT2D eigenvalue weighted by molar-refractivity contribution is 8.15. The second-order valence-corrected chi connectivity index (χ2v) is 7.69. The first-order chi connectivity index (χ1) is 13.8. The van der Waals surface area contributed by atoms with E-state index in [-0.39, 0.29) is 16.5 Å². The van der Waals surface area contributed by atoms with Crippen molar-refractivity contribution in [3.8, 4) is 5.75 Å². The van der Waals surface area contributed by atoms with Gasteiger partial charge in [0.15, 0.2) is 0 Å². The minimum absolute atomic E-state index is 0.222. The number of rotatable bonds is 1. The molecule has 9 heteroatoms. The van der Waals surface area contributed by atoms with E-state index in [1.54, 1.807) is 0 Å². The molecule has 0 saturated heterocycles. The van der Waals surface area contributed by atoms with Gasteiger partial charge in [0, 0.05) is 30.5 Å². The number of nitrogens with two attached hydrogens (primary N) is 1. The van der Waals surface area contributed by atoms with Gasteiger partial charge in [-0.1, -0.05) is 18.7 Å². The van der Waals surface area contributed by atoms with Crippen LogP contribution in [0.1, 0.15) is 31.4 Å². The second kappa shape index (κ2) is 8.46. The van der Waals surface area contributed by atoms with Gasteiger partial charge in [0.1, 0.15) is 33.1 Å². The van der Waals surface area contributed by atoms with E-state index >= 15 is 0 Å². The molecule has 0 radical (unpaired) electrons. The molecule has 2 aromatic rings. The Bertz CT molecular complexity index is 950. The van der Waals surface area contributed by atoms with E-state index in [0.29, 0.717) is 24.3 Å². The highest BCUT2D eigenvalue weighted by atomic mass is 32.2. The summed E-state index contributed by atoms with van der Waals surface area (Å²) in [5.41, 5.74) is 5.54. The molecule has 2 heterocycles. The van der Waals surface area contributed by atoms with Crippen molar-refractivity contribution in [2.45, 2.75) is 25.1 Å². The molecular formula is C20H20F3N3O2S. The Kier molecular flexibility index (Phi) is 6.18. The first kappa shape index (κ1) is 21.2. The number of amides is 1. The van der Waals surface area contributed by atoms with Crippen molar-refractivity contribution in [3.63, 3.8) is 0 Å². The van der Waals surface area contributed by atoms with Crippen LogP contribution in [-0.4, -0.2) is 29.1 Å². The molecule has 0 bridgehead atoms. The molecule has 1 amide bonds. The summed E-state index contributed by atoms with van der Waals surface area (Å²) < 4.78 is 46.7. The van der Waals surface area contributed by atoms with Crippen molar-refractivity contribution in [1.29, 1.82) is 0 Å². The lowest BCUT2D eigenvalue weighted by molar-refractivity contribution is -0.132. The summed E-state index contributed by atoms with van der Waals surface area (Å²) in [6.07, 6.45) is 0.360. The van der Waals surface area contributed by atoms with Gasteiger partial charge in [0.25, 0.3) is 0 Å². The molecule has 29 heavy (non-hydrogen) atoms. The molecule has 1 unspecified atom stereocenters. The zero-order valence-electron chi connectivity index (χ0n) is 15.9. The van der Waals surface area contributed by atoms with Crippen molar-refractivity contribution < 1.29 is 22.7 Å². The quantitative estimate of drug-likeness (QED) is 0.754. The summed E-state index contributed by atoms with van der Waals surface area (Å²) in [6, 6.07) is 7.16. The molecule has 0 saturated carbocycles. The van der Waals surface area contributed by atoms with Crippen LogP contribution in [0.3, 0.4) is 0 Å². The normalized spacial score (nSPS) is 19.8. The zero-order valence-corrected chi connectivity index (χ0v) is 16.7. The topological polar surface area (TPSA) is 67.9 Å². The van der Waals surface area contributed by atoms with E-state index in [4.69, 9.17) is 10.5 Å². The minimum atomic E-state index is -1.01. The fraction of sp³-hybridized carbons (Fsp3) is 0.300. The molecule has 2 aromatic carbocycles. The van der Waals surface area contributed by atoms with Crippen molar-refractivity contribution in [1.82, 2.24) is 5.01 Å². The standard InChI is InChI=1S/C18H13F3N2O2S.C2H7N/c1-10(24)23-18(4-5-25-16-3-2-12(19)9-15(16)18)26-17(22-23)11-6-13(20)8-14(21)7-11;1-2-3/h2-3,6-9H,4-5H2,1H3;2-3H2,1H3. The Labute approximate surface area is 170 Å². The molecule has 1 spiro atoms. The van der Waals surface area contributed by atoms with E-state index in [1.807, 2.05) is 6.92 Å². The van der Waals surface area contributed by atoms with Gasteiger partial charge in [-0.25, -0.2) is 18.2 Å². The molecule has 0 aromatic heterocycles. The first-order valence-corrected chi connectivity index (χ1v) is 9.80. The number of carbonyl (C=O) groups excluding carboxylic acids is 1. The monoisotopic (exact) mass is 423 g/mol. The number of hydrazone groups is 1. The van der Waals surface area contributed by atoms with Crippen molar-refractivity contribution in [2.24, 2.45) is 10.8 Å². The third-order valence-corrected chi connectivity index (χ3v) is 5.71. The zero-order chi connectivity index (χ0) is 21.2. The largest absolute Gasteiger partial charge is 0.493 e.